The molecule has 114 valence electrons. The highest BCUT2D eigenvalue weighted by Crippen LogP contribution is 2.18. The van der Waals surface area contributed by atoms with Crippen LogP contribution in [-0.4, -0.2) is 41.1 Å². The predicted octanol–water partition coefficient (Wildman–Crippen LogP) is 2.39. The standard InChI is InChI=1S/C15H27N3O2/c1-8-12-10(3)13(17-20-12)14(19)16-11(4)15(5,6)18(7)9-2/h11H,8-9H2,1-7H3,(H,16,19). The summed E-state index contributed by atoms with van der Waals surface area (Å²) < 4.78 is 5.18. The molecule has 1 aromatic heterocycles. The molecule has 0 bridgehead atoms. The topological polar surface area (TPSA) is 58.4 Å². The molecule has 1 rings (SSSR count). The van der Waals surface area contributed by atoms with Crippen LogP contribution in [0.5, 0.6) is 0 Å². The first-order valence-electron chi connectivity index (χ1n) is 7.22. The van der Waals surface area contributed by atoms with Crippen molar-refractivity contribution in [3.63, 3.8) is 0 Å². The minimum absolute atomic E-state index is 0.00104. The Morgan fingerprint density at radius 2 is 2.05 bits per heavy atom. The van der Waals surface area contributed by atoms with Gasteiger partial charge in [-0.2, -0.15) is 0 Å². The van der Waals surface area contributed by atoms with Gasteiger partial charge in [0.15, 0.2) is 5.69 Å². The van der Waals surface area contributed by atoms with E-state index in [2.05, 4.69) is 43.2 Å². The molecule has 0 radical (unpaired) electrons. The van der Waals surface area contributed by atoms with Crippen molar-refractivity contribution >= 4 is 5.91 Å². The lowest BCUT2D eigenvalue weighted by Crippen LogP contribution is -2.56. The summed E-state index contributed by atoms with van der Waals surface area (Å²) in [6.45, 7) is 13.1. The number of hydrogen-bond donors (Lipinski definition) is 1. The number of rotatable bonds is 6. The van der Waals surface area contributed by atoms with Crippen LogP contribution in [0.1, 0.15) is 56.4 Å². The van der Waals surface area contributed by atoms with E-state index in [1.165, 1.54) is 0 Å². The Morgan fingerprint density at radius 1 is 1.45 bits per heavy atom. The van der Waals surface area contributed by atoms with Gasteiger partial charge in [-0.1, -0.05) is 19.0 Å². The van der Waals surface area contributed by atoms with Gasteiger partial charge in [-0.05, 0) is 41.3 Å². The highest BCUT2D eigenvalue weighted by atomic mass is 16.5. The third-order valence-corrected chi connectivity index (χ3v) is 4.42. The third-order valence-electron chi connectivity index (χ3n) is 4.42. The molecule has 5 nitrogen and oxygen atoms in total. The molecule has 1 atom stereocenters. The van der Waals surface area contributed by atoms with Crippen molar-refractivity contribution in [2.24, 2.45) is 0 Å². The van der Waals surface area contributed by atoms with Gasteiger partial charge in [0.05, 0.1) is 0 Å². The Hall–Kier alpha value is -1.36. The normalized spacial score (nSPS) is 13.6. The van der Waals surface area contributed by atoms with E-state index in [1.54, 1.807) is 0 Å². The van der Waals surface area contributed by atoms with Gasteiger partial charge >= 0.3 is 0 Å². The maximum Gasteiger partial charge on any atom is 0.274 e. The minimum atomic E-state index is -0.170. The molecule has 0 saturated heterocycles. The maximum atomic E-state index is 12.3. The van der Waals surface area contributed by atoms with Crippen LogP contribution in [-0.2, 0) is 6.42 Å². The summed E-state index contributed by atoms with van der Waals surface area (Å²) in [4.78, 5) is 14.5. The number of amides is 1. The van der Waals surface area contributed by atoms with Gasteiger partial charge in [-0.25, -0.2) is 0 Å². The summed E-state index contributed by atoms with van der Waals surface area (Å²) in [5.74, 6) is 0.601. The van der Waals surface area contributed by atoms with Crippen molar-refractivity contribution in [1.82, 2.24) is 15.4 Å². The molecule has 5 heteroatoms. The number of carbonyl (C=O) groups is 1. The first kappa shape index (κ1) is 16.7. The number of aryl methyl sites for hydroxylation is 1. The van der Waals surface area contributed by atoms with Gasteiger partial charge in [0.25, 0.3) is 5.91 Å². The first-order chi connectivity index (χ1) is 9.25. The number of nitrogens with zero attached hydrogens (tertiary/aromatic N) is 2. The van der Waals surface area contributed by atoms with Crippen molar-refractivity contribution in [3.8, 4) is 0 Å². The van der Waals surface area contributed by atoms with Gasteiger partial charge in [-0.3, -0.25) is 9.69 Å². The Balaban J connectivity index is 2.82. The van der Waals surface area contributed by atoms with Crippen LogP contribution in [0.2, 0.25) is 0 Å². The first-order valence-corrected chi connectivity index (χ1v) is 7.22. The van der Waals surface area contributed by atoms with Crippen LogP contribution in [0, 0.1) is 6.92 Å². The summed E-state index contributed by atoms with van der Waals surface area (Å²) >= 11 is 0. The lowest BCUT2D eigenvalue weighted by Gasteiger charge is -2.40. The highest BCUT2D eigenvalue weighted by molar-refractivity contribution is 5.93. The number of nitrogens with one attached hydrogen (secondary N) is 1. The quantitative estimate of drug-likeness (QED) is 0.870. The SMILES string of the molecule is CCc1onc(C(=O)NC(C)C(C)(C)N(C)CC)c1C. The molecule has 0 spiro atoms. The average Bonchev–Trinajstić information content (AvgIpc) is 2.78. The predicted molar refractivity (Wildman–Crippen MR) is 79.9 cm³/mol. The Kier molecular flexibility index (Phi) is 5.34. The number of likely N-dealkylation sites (N-methyl/N-ethyl adjacent to an activating group) is 1. The molecular weight excluding hydrogens is 254 g/mol. The summed E-state index contributed by atoms with van der Waals surface area (Å²) in [6, 6.07) is 0.00104. The lowest BCUT2D eigenvalue weighted by atomic mass is 9.94. The number of carbonyl (C=O) groups excluding carboxylic acids is 1. The van der Waals surface area contributed by atoms with Crippen molar-refractivity contribution < 1.29 is 9.32 Å². The largest absolute Gasteiger partial charge is 0.360 e. The van der Waals surface area contributed by atoms with E-state index >= 15 is 0 Å². The molecule has 0 aliphatic carbocycles. The van der Waals surface area contributed by atoms with Crippen molar-refractivity contribution in [2.75, 3.05) is 13.6 Å². The third kappa shape index (κ3) is 3.20. The fourth-order valence-corrected chi connectivity index (χ4v) is 2.09. The second kappa shape index (κ2) is 6.39. The Bertz CT molecular complexity index is 466. The summed E-state index contributed by atoms with van der Waals surface area (Å²) in [5.41, 5.74) is 1.10. The molecular formula is C15H27N3O2. The van der Waals surface area contributed by atoms with Crippen molar-refractivity contribution in [1.29, 1.82) is 0 Å². The van der Waals surface area contributed by atoms with Gasteiger partial charge in [0.2, 0.25) is 0 Å². The molecule has 1 aromatic rings. The Morgan fingerprint density at radius 3 is 2.50 bits per heavy atom. The number of hydrogen-bond acceptors (Lipinski definition) is 4. The summed E-state index contributed by atoms with van der Waals surface area (Å²) in [6.07, 6.45) is 0.742. The second-order valence-corrected chi connectivity index (χ2v) is 5.80. The van der Waals surface area contributed by atoms with Crippen LogP contribution in [0.4, 0.5) is 0 Å². The van der Waals surface area contributed by atoms with Crippen LogP contribution in [0.25, 0.3) is 0 Å². The molecule has 0 aliphatic rings. The van der Waals surface area contributed by atoms with E-state index in [0.717, 1.165) is 24.3 Å². The molecule has 0 saturated carbocycles. The van der Waals surface area contributed by atoms with Crippen LogP contribution < -0.4 is 5.32 Å². The fourth-order valence-electron chi connectivity index (χ4n) is 2.09. The van der Waals surface area contributed by atoms with Crippen molar-refractivity contribution in [2.45, 2.75) is 59.5 Å². The number of aromatic nitrogens is 1. The summed E-state index contributed by atoms with van der Waals surface area (Å²) in [7, 11) is 2.05. The van der Waals surface area contributed by atoms with E-state index in [-0.39, 0.29) is 17.5 Å². The van der Waals surface area contributed by atoms with E-state index in [1.807, 2.05) is 20.8 Å². The van der Waals surface area contributed by atoms with Crippen LogP contribution >= 0.6 is 0 Å². The molecule has 1 N–H and O–H groups in total. The van der Waals surface area contributed by atoms with Gasteiger partial charge in [0.1, 0.15) is 5.76 Å². The van der Waals surface area contributed by atoms with E-state index in [4.69, 9.17) is 4.52 Å². The molecule has 1 heterocycles. The Labute approximate surface area is 121 Å². The smallest absolute Gasteiger partial charge is 0.274 e. The molecule has 1 amide bonds. The van der Waals surface area contributed by atoms with Crippen LogP contribution in [0.3, 0.4) is 0 Å². The monoisotopic (exact) mass is 281 g/mol. The zero-order valence-corrected chi connectivity index (χ0v) is 13.7. The molecule has 0 aliphatic heterocycles. The molecule has 0 fully saturated rings. The fraction of sp³-hybridized carbons (Fsp3) is 0.733. The van der Waals surface area contributed by atoms with E-state index in [0.29, 0.717) is 5.69 Å². The van der Waals surface area contributed by atoms with E-state index in [9.17, 15) is 4.79 Å². The zero-order valence-electron chi connectivity index (χ0n) is 13.7. The highest BCUT2D eigenvalue weighted by Gasteiger charge is 2.31. The molecule has 20 heavy (non-hydrogen) atoms. The van der Waals surface area contributed by atoms with Crippen molar-refractivity contribution in [3.05, 3.63) is 17.0 Å². The van der Waals surface area contributed by atoms with E-state index < -0.39 is 0 Å². The zero-order chi connectivity index (χ0) is 15.5. The maximum absolute atomic E-state index is 12.3. The molecule has 1 unspecified atom stereocenters. The van der Waals surface area contributed by atoms with Gasteiger partial charge in [0, 0.05) is 23.6 Å². The average molecular weight is 281 g/mol. The van der Waals surface area contributed by atoms with Gasteiger partial charge in [-0.15, -0.1) is 0 Å². The lowest BCUT2D eigenvalue weighted by molar-refractivity contribution is 0.0818. The molecule has 0 aromatic carbocycles. The van der Waals surface area contributed by atoms with Gasteiger partial charge < -0.3 is 9.84 Å². The minimum Gasteiger partial charge on any atom is -0.360 e. The second-order valence-electron chi connectivity index (χ2n) is 5.80. The summed E-state index contributed by atoms with van der Waals surface area (Å²) in [5, 5.41) is 6.91. The van der Waals surface area contributed by atoms with Crippen LogP contribution in [0.15, 0.2) is 4.52 Å².